The summed E-state index contributed by atoms with van der Waals surface area (Å²) < 4.78 is 0.743. The largest absolute Gasteiger partial charge is 0.312 e. The second-order valence-corrected chi connectivity index (χ2v) is 6.14. The van der Waals surface area contributed by atoms with Crippen LogP contribution < -0.4 is 10.6 Å². The smallest absolute Gasteiger partial charge is 0.264 e. The van der Waals surface area contributed by atoms with E-state index in [1.54, 1.807) is 6.07 Å². The lowest BCUT2D eigenvalue weighted by atomic mass is 9.95. The Balaban J connectivity index is 1.87. The molecule has 1 saturated heterocycles. The second kappa shape index (κ2) is 6.07. The predicted molar refractivity (Wildman–Crippen MR) is 83.1 cm³/mol. The molecule has 0 saturated carbocycles. The zero-order chi connectivity index (χ0) is 14.8. The predicted octanol–water partition coefficient (Wildman–Crippen LogP) is 1.73. The molecule has 110 valence electrons. The number of benzene rings is 1. The SMILES string of the molecule is O=C1N=C(C2CCCCN2)NC(=O)C1c1ccccc1Br. The number of aliphatic imine (C=N–C) groups is 1. The van der Waals surface area contributed by atoms with Gasteiger partial charge in [0.2, 0.25) is 5.91 Å². The van der Waals surface area contributed by atoms with E-state index in [0.29, 0.717) is 11.4 Å². The highest BCUT2D eigenvalue weighted by Crippen LogP contribution is 2.28. The molecule has 2 aliphatic rings. The van der Waals surface area contributed by atoms with Crippen molar-refractivity contribution in [3.05, 3.63) is 34.3 Å². The Morgan fingerprint density at radius 1 is 1.19 bits per heavy atom. The van der Waals surface area contributed by atoms with Crippen LogP contribution in [0.2, 0.25) is 0 Å². The van der Waals surface area contributed by atoms with Gasteiger partial charge in [0.05, 0.1) is 6.04 Å². The first-order chi connectivity index (χ1) is 10.2. The van der Waals surface area contributed by atoms with Gasteiger partial charge in [-0.05, 0) is 31.0 Å². The third kappa shape index (κ3) is 2.91. The van der Waals surface area contributed by atoms with Crippen molar-refractivity contribution >= 4 is 33.6 Å². The van der Waals surface area contributed by atoms with Gasteiger partial charge in [-0.25, -0.2) is 0 Å². The summed E-state index contributed by atoms with van der Waals surface area (Å²) in [5.74, 6) is -1.10. The molecular weight excluding hydrogens is 334 g/mol. The monoisotopic (exact) mass is 349 g/mol. The molecule has 2 N–H and O–H groups in total. The number of amides is 2. The topological polar surface area (TPSA) is 70.6 Å². The number of nitrogens with one attached hydrogen (secondary N) is 2. The van der Waals surface area contributed by atoms with E-state index in [2.05, 4.69) is 31.6 Å². The summed E-state index contributed by atoms with van der Waals surface area (Å²) in [7, 11) is 0. The highest BCUT2D eigenvalue weighted by atomic mass is 79.9. The first-order valence-electron chi connectivity index (χ1n) is 7.08. The normalized spacial score (nSPS) is 26.2. The molecule has 5 nitrogen and oxygen atoms in total. The lowest BCUT2D eigenvalue weighted by Gasteiger charge is -2.29. The zero-order valence-corrected chi connectivity index (χ0v) is 13.0. The van der Waals surface area contributed by atoms with Gasteiger partial charge in [-0.15, -0.1) is 0 Å². The van der Waals surface area contributed by atoms with E-state index >= 15 is 0 Å². The van der Waals surface area contributed by atoms with Crippen LogP contribution in [0.4, 0.5) is 0 Å². The van der Waals surface area contributed by atoms with E-state index in [-0.39, 0.29) is 11.9 Å². The molecule has 1 aromatic rings. The minimum atomic E-state index is -0.868. The number of nitrogens with zero attached hydrogens (tertiary/aromatic N) is 1. The number of piperidine rings is 1. The van der Waals surface area contributed by atoms with Gasteiger partial charge in [-0.3, -0.25) is 9.59 Å². The maximum absolute atomic E-state index is 12.3. The van der Waals surface area contributed by atoms with Crippen molar-refractivity contribution in [2.24, 2.45) is 4.99 Å². The van der Waals surface area contributed by atoms with E-state index in [0.717, 1.165) is 30.3 Å². The number of amidine groups is 1. The average molecular weight is 350 g/mol. The van der Waals surface area contributed by atoms with E-state index < -0.39 is 11.8 Å². The fourth-order valence-corrected chi connectivity index (χ4v) is 3.27. The summed E-state index contributed by atoms with van der Waals surface area (Å²) in [4.78, 5) is 28.8. The van der Waals surface area contributed by atoms with Crippen LogP contribution in [-0.4, -0.2) is 30.2 Å². The number of carbonyl (C=O) groups is 2. The first kappa shape index (κ1) is 14.4. The summed E-state index contributed by atoms with van der Waals surface area (Å²) >= 11 is 3.39. The molecule has 2 heterocycles. The fourth-order valence-electron chi connectivity index (χ4n) is 2.76. The maximum Gasteiger partial charge on any atom is 0.264 e. The molecule has 0 radical (unpaired) electrons. The molecule has 3 rings (SSSR count). The summed E-state index contributed by atoms with van der Waals surface area (Å²) in [5, 5.41) is 6.09. The lowest BCUT2D eigenvalue weighted by molar-refractivity contribution is -0.129. The minimum absolute atomic E-state index is 0.0215. The lowest BCUT2D eigenvalue weighted by Crippen LogP contribution is -2.53. The van der Waals surface area contributed by atoms with Crippen molar-refractivity contribution in [1.29, 1.82) is 0 Å². The molecule has 21 heavy (non-hydrogen) atoms. The quantitative estimate of drug-likeness (QED) is 0.798. The van der Waals surface area contributed by atoms with Crippen LogP contribution >= 0.6 is 15.9 Å². The van der Waals surface area contributed by atoms with Crippen molar-refractivity contribution < 1.29 is 9.59 Å². The van der Waals surface area contributed by atoms with Crippen LogP contribution in [0.5, 0.6) is 0 Å². The molecule has 0 aromatic heterocycles. The molecule has 6 heteroatoms. The van der Waals surface area contributed by atoms with Gasteiger partial charge in [0.15, 0.2) is 0 Å². The van der Waals surface area contributed by atoms with Gasteiger partial charge in [0.1, 0.15) is 11.8 Å². The Morgan fingerprint density at radius 2 is 2.00 bits per heavy atom. The van der Waals surface area contributed by atoms with E-state index in [9.17, 15) is 9.59 Å². The first-order valence-corrected chi connectivity index (χ1v) is 7.87. The number of carbonyl (C=O) groups excluding carboxylic acids is 2. The van der Waals surface area contributed by atoms with Gasteiger partial charge < -0.3 is 10.6 Å². The number of halogens is 1. The number of hydrogen-bond donors (Lipinski definition) is 2. The molecule has 0 spiro atoms. The van der Waals surface area contributed by atoms with Crippen LogP contribution in [0.25, 0.3) is 0 Å². The van der Waals surface area contributed by atoms with E-state index in [4.69, 9.17) is 0 Å². The molecule has 0 aliphatic carbocycles. The minimum Gasteiger partial charge on any atom is -0.312 e. The molecule has 1 aromatic carbocycles. The maximum atomic E-state index is 12.3. The van der Waals surface area contributed by atoms with Crippen molar-refractivity contribution in [2.45, 2.75) is 31.2 Å². The molecular formula is C15H16BrN3O2. The van der Waals surface area contributed by atoms with E-state index in [1.807, 2.05) is 18.2 Å². The summed E-state index contributed by atoms with van der Waals surface area (Å²) in [6.45, 7) is 0.890. The summed E-state index contributed by atoms with van der Waals surface area (Å²) in [6.07, 6.45) is 3.09. The summed E-state index contributed by atoms with van der Waals surface area (Å²) in [5.41, 5.74) is 0.652. The fraction of sp³-hybridized carbons (Fsp3) is 0.400. The Bertz CT molecular complexity index is 609. The third-order valence-corrected chi connectivity index (χ3v) is 4.57. The Hall–Kier alpha value is -1.53. The number of rotatable bonds is 2. The Morgan fingerprint density at radius 3 is 2.67 bits per heavy atom. The molecule has 2 atom stereocenters. The van der Waals surface area contributed by atoms with Gasteiger partial charge in [-0.2, -0.15) is 4.99 Å². The molecule has 0 bridgehead atoms. The van der Waals surface area contributed by atoms with Crippen molar-refractivity contribution in [2.75, 3.05) is 6.54 Å². The summed E-state index contributed by atoms with van der Waals surface area (Å²) in [6, 6.07) is 7.22. The number of hydrogen-bond acceptors (Lipinski definition) is 3. The van der Waals surface area contributed by atoms with Crippen molar-refractivity contribution in [3.8, 4) is 0 Å². The van der Waals surface area contributed by atoms with Crippen LogP contribution in [0.1, 0.15) is 30.7 Å². The molecule has 2 unspecified atom stereocenters. The van der Waals surface area contributed by atoms with Crippen LogP contribution in [0.15, 0.2) is 33.7 Å². The highest BCUT2D eigenvalue weighted by molar-refractivity contribution is 9.10. The Labute approximate surface area is 131 Å². The second-order valence-electron chi connectivity index (χ2n) is 5.28. The van der Waals surface area contributed by atoms with Crippen molar-refractivity contribution in [3.63, 3.8) is 0 Å². The van der Waals surface area contributed by atoms with Gasteiger partial charge in [-0.1, -0.05) is 40.5 Å². The van der Waals surface area contributed by atoms with Crippen molar-refractivity contribution in [1.82, 2.24) is 10.6 Å². The van der Waals surface area contributed by atoms with Crippen LogP contribution in [0, 0.1) is 0 Å². The zero-order valence-electron chi connectivity index (χ0n) is 11.4. The van der Waals surface area contributed by atoms with Crippen LogP contribution in [0.3, 0.4) is 0 Å². The third-order valence-electron chi connectivity index (χ3n) is 3.85. The van der Waals surface area contributed by atoms with Gasteiger partial charge >= 0.3 is 0 Å². The standard InChI is InChI=1S/C15H16BrN3O2/c16-10-6-2-1-5-9(10)12-14(20)18-13(19-15(12)21)11-7-3-4-8-17-11/h1-2,5-6,11-12,17H,3-4,7-8H2,(H,18,19,20,21). The van der Waals surface area contributed by atoms with Gasteiger partial charge in [0, 0.05) is 4.47 Å². The average Bonchev–Trinajstić information content (AvgIpc) is 2.49. The van der Waals surface area contributed by atoms with E-state index in [1.165, 1.54) is 0 Å². The molecule has 2 amide bonds. The van der Waals surface area contributed by atoms with Crippen LogP contribution in [-0.2, 0) is 9.59 Å². The highest BCUT2D eigenvalue weighted by Gasteiger charge is 2.36. The van der Waals surface area contributed by atoms with Gasteiger partial charge in [0.25, 0.3) is 5.91 Å². The molecule has 2 aliphatic heterocycles. The Kier molecular flexibility index (Phi) is 4.17. The molecule has 1 fully saturated rings.